The molecule has 0 aromatic heterocycles. The van der Waals surface area contributed by atoms with Gasteiger partial charge in [0.1, 0.15) is 0 Å². The molecule has 0 atom stereocenters. The zero-order valence-electron chi connectivity index (χ0n) is 7.56. The number of hydrogen-bond acceptors (Lipinski definition) is 3. The molecule has 13 heavy (non-hydrogen) atoms. The van der Waals surface area contributed by atoms with Crippen molar-refractivity contribution in [1.29, 1.82) is 0 Å². The fourth-order valence-corrected chi connectivity index (χ4v) is 1.50. The van der Waals surface area contributed by atoms with E-state index < -0.39 is 5.53 Å². The number of rotatable bonds is 4. The van der Waals surface area contributed by atoms with Gasteiger partial charge in [0.25, 0.3) is 5.53 Å². The van der Waals surface area contributed by atoms with Gasteiger partial charge in [0.2, 0.25) is 8.46 Å². The average molecular weight is 198 g/mol. The predicted molar refractivity (Wildman–Crippen MR) is 49.7 cm³/mol. The van der Waals surface area contributed by atoms with Crippen molar-refractivity contribution < 1.29 is 14.0 Å². The van der Waals surface area contributed by atoms with Crippen LogP contribution in [0.25, 0.3) is 0 Å². The fourth-order valence-electron chi connectivity index (χ4n) is 1.10. The van der Waals surface area contributed by atoms with Gasteiger partial charge in [0, 0.05) is 19.8 Å². The molecule has 3 nitrogen and oxygen atoms in total. The molecule has 0 fully saturated rings. The Morgan fingerprint density at radius 3 is 2.08 bits per heavy atom. The highest BCUT2D eigenvalue weighted by Crippen LogP contribution is 2.36. The lowest BCUT2D eigenvalue weighted by molar-refractivity contribution is -0.144. The van der Waals surface area contributed by atoms with E-state index in [1.165, 1.54) is 14.2 Å². The summed E-state index contributed by atoms with van der Waals surface area (Å²) in [5.41, 5.74) is -0.432. The molecule has 0 aliphatic carbocycles. The smallest absolute Gasteiger partial charge is 0.278 e. The minimum absolute atomic E-state index is 0.211. The van der Waals surface area contributed by atoms with E-state index in [2.05, 4.69) is 0 Å². The Morgan fingerprint density at radius 1 is 1.15 bits per heavy atom. The zero-order chi connectivity index (χ0) is 9.73. The number of ether oxygens (including phenoxy) is 2. The normalized spacial score (nSPS) is 11.8. The van der Waals surface area contributed by atoms with Crippen molar-refractivity contribution in [1.82, 2.24) is 0 Å². The van der Waals surface area contributed by atoms with Crippen LogP contribution < -0.4 is 0 Å². The first-order valence-corrected chi connectivity index (χ1v) is 4.60. The Hall–Kier alpha value is -0.760. The second kappa shape index (κ2) is 4.47. The molecule has 0 unspecified atom stereocenters. The molecule has 0 aliphatic heterocycles. The zero-order valence-corrected chi connectivity index (χ0v) is 8.45. The van der Waals surface area contributed by atoms with Crippen molar-refractivity contribution in [3.05, 3.63) is 35.9 Å². The van der Waals surface area contributed by atoms with Crippen LogP contribution in [0.2, 0.25) is 0 Å². The van der Waals surface area contributed by atoms with Crippen LogP contribution in [0, 0.1) is 0 Å². The third-order valence-electron chi connectivity index (χ3n) is 1.81. The minimum atomic E-state index is -1.17. The summed E-state index contributed by atoms with van der Waals surface area (Å²) in [6.07, 6.45) is 0. The third kappa shape index (κ3) is 1.94. The second-order valence-corrected chi connectivity index (χ2v) is 3.22. The molecule has 0 heterocycles. The topological polar surface area (TPSA) is 35.5 Å². The Morgan fingerprint density at radius 2 is 1.69 bits per heavy atom. The Kier molecular flexibility index (Phi) is 3.55. The molecule has 0 spiro atoms. The van der Waals surface area contributed by atoms with E-state index in [0.717, 1.165) is 5.56 Å². The third-order valence-corrected chi connectivity index (χ3v) is 2.68. The van der Waals surface area contributed by atoms with Crippen LogP contribution in [-0.2, 0) is 19.6 Å². The molecule has 1 aromatic carbocycles. The van der Waals surface area contributed by atoms with Gasteiger partial charge in [-0.25, -0.2) is 0 Å². The lowest BCUT2D eigenvalue weighted by Crippen LogP contribution is -2.23. The van der Waals surface area contributed by atoms with Crippen molar-refractivity contribution in [2.24, 2.45) is 0 Å². The molecule has 0 aliphatic rings. The van der Waals surface area contributed by atoms with Crippen LogP contribution in [0.3, 0.4) is 0 Å². The summed E-state index contributed by atoms with van der Waals surface area (Å²) in [7, 11) is 2.71. The Bertz CT molecular complexity index is 269. The molecule has 0 saturated heterocycles. The van der Waals surface area contributed by atoms with Gasteiger partial charge in [-0.05, 0) is 0 Å². The maximum Gasteiger partial charge on any atom is 0.278 e. The van der Waals surface area contributed by atoms with E-state index in [4.69, 9.17) is 9.47 Å². The highest BCUT2D eigenvalue weighted by Gasteiger charge is 2.32. The van der Waals surface area contributed by atoms with Gasteiger partial charge in [-0.3, -0.25) is 4.57 Å². The first kappa shape index (κ1) is 10.3. The van der Waals surface area contributed by atoms with Crippen molar-refractivity contribution in [3.63, 3.8) is 0 Å². The van der Waals surface area contributed by atoms with E-state index in [1.54, 1.807) is 12.1 Å². The molecule has 0 bridgehead atoms. The molecule has 1 rings (SSSR count). The molecule has 70 valence electrons. The minimum Gasteiger partial charge on any atom is -0.340 e. The molecule has 1 aromatic rings. The summed E-state index contributed by atoms with van der Waals surface area (Å²) in [5, 5.41) is 0. The van der Waals surface area contributed by atoms with Crippen molar-refractivity contribution >= 4 is 8.46 Å². The van der Waals surface area contributed by atoms with E-state index in [9.17, 15) is 4.57 Å². The Labute approximate surface area is 78.9 Å². The quantitative estimate of drug-likeness (QED) is 0.550. The molecule has 0 N–H and O–H groups in total. The molecule has 0 saturated carbocycles. The van der Waals surface area contributed by atoms with Gasteiger partial charge in [-0.1, -0.05) is 30.3 Å². The predicted octanol–water partition coefficient (Wildman–Crippen LogP) is 2.38. The highest BCUT2D eigenvalue weighted by molar-refractivity contribution is 7.24. The summed E-state index contributed by atoms with van der Waals surface area (Å²) in [4.78, 5) is 0. The number of benzene rings is 1. The van der Waals surface area contributed by atoms with Crippen molar-refractivity contribution in [2.75, 3.05) is 14.2 Å². The van der Waals surface area contributed by atoms with Gasteiger partial charge in [0.15, 0.2) is 0 Å². The van der Waals surface area contributed by atoms with Crippen LogP contribution in [0.15, 0.2) is 30.3 Å². The first-order valence-electron chi connectivity index (χ1n) is 3.79. The van der Waals surface area contributed by atoms with Crippen LogP contribution in [0.4, 0.5) is 0 Å². The first-order chi connectivity index (χ1) is 6.29. The van der Waals surface area contributed by atoms with Crippen molar-refractivity contribution in [3.8, 4) is 0 Å². The van der Waals surface area contributed by atoms with Gasteiger partial charge in [-0.2, -0.15) is 0 Å². The molecule has 0 radical (unpaired) electrons. The summed E-state index contributed by atoms with van der Waals surface area (Å²) in [6, 6.07) is 9.16. The summed E-state index contributed by atoms with van der Waals surface area (Å²) < 4.78 is 21.1. The highest BCUT2D eigenvalue weighted by atomic mass is 31.1. The van der Waals surface area contributed by atoms with Crippen molar-refractivity contribution in [2.45, 2.75) is 5.53 Å². The largest absolute Gasteiger partial charge is 0.340 e. The molecule has 0 amide bonds. The Balaban J connectivity index is 3.08. The fraction of sp³-hybridized carbons (Fsp3) is 0.333. The van der Waals surface area contributed by atoms with E-state index in [-0.39, 0.29) is 8.46 Å². The second-order valence-electron chi connectivity index (χ2n) is 2.45. The summed E-state index contributed by atoms with van der Waals surface area (Å²) >= 11 is 0. The van der Waals surface area contributed by atoms with Crippen LogP contribution >= 0.6 is 8.46 Å². The summed E-state index contributed by atoms with van der Waals surface area (Å²) in [6.45, 7) is 0. The van der Waals surface area contributed by atoms with E-state index in [0.29, 0.717) is 0 Å². The van der Waals surface area contributed by atoms with Gasteiger partial charge in [-0.15, -0.1) is 0 Å². The maximum absolute atomic E-state index is 10.9. The van der Waals surface area contributed by atoms with Crippen LogP contribution in [0.1, 0.15) is 5.56 Å². The maximum atomic E-state index is 10.9. The standard InChI is InChI=1S/C9H11O3P/c1-11-9(12-2,13-10)8-6-4-3-5-7-8/h3-7H,1-2H3. The molecular weight excluding hydrogens is 187 g/mol. The van der Waals surface area contributed by atoms with Crippen LogP contribution in [-0.4, -0.2) is 14.2 Å². The lowest BCUT2D eigenvalue weighted by Gasteiger charge is -2.23. The average Bonchev–Trinajstić information content (AvgIpc) is 2.23. The molecule has 4 heteroatoms. The SMILES string of the molecule is COC(OC)(P=O)c1ccccc1. The van der Waals surface area contributed by atoms with Gasteiger partial charge >= 0.3 is 0 Å². The van der Waals surface area contributed by atoms with Gasteiger partial charge in [0.05, 0.1) is 0 Å². The van der Waals surface area contributed by atoms with E-state index in [1.807, 2.05) is 18.2 Å². The molecular formula is C9H11O3P. The lowest BCUT2D eigenvalue weighted by atomic mass is 10.2. The van der Waals surface area contributed by atoms with Crippen LogP contribution in [0.5, 0.6) is 0 Å². The number of hydrogen-bond donors (Lipinski definition) is 0. The van der Waals surface area contributed by atoms with Gasteiger partial charge < -0.3 is 9.47 Å². The van der Waals surface area contributed by atoms with E-state index >= 15 is 0 Å². The summed E-state index contributed by atoms with van der Waals surface area (Å²) in [5.74, 6) is 0. The number of methoxy groups -OCH3 is 2. The monoisotopic (exact) mass is 198 g/mol.